The maximum absolute atomic E-state index is 12.5. The van der Waals surface area contributed by atoms with Gasteiger partial charge in [0.2, 0.25) is 5.91 Å². The summed E-state index contributed by atoms with van der Waals surface area (Å²) in [5.41, 5.74) is 2.99. The molecule has 4 heteroatoms. The molecular weight excluding hydrogens is 252 g/mol. The molecule has 0 aliphatic carbocycles. The fraction of sp³-hybridized carbons (Fsp3) is 0.562. The van der Waals surface area contributed by atoms with Gasteiger partial charge in [0.25, 0.3) is 0 Å². The first-order valence-corrected chi connectivity index (χ1v) is 7.34. The number of piperidine rings is 1. The summed E-state index contributed by atoms with van der Waals surface area (Å²) in [6.45, 7) is 6.31. The van der Waals surface area contributed by atoms with Crippen molar-refractivity contribution < 1.29 is 9.90 Å². The van der Waals surface area contributed by atoms with Crippen LogP contribution in [0.2, 0.25) is 0 Å². The second kappa shape index (κ2) is 4.86. The standard InChI is InChI=1S/C16H22N2O2/c1-11-3-4-14-13(9-11)16(15(20)17-14)5-7-18(8-6-16)10-12(2)19/h3-4,9,12,19H,5-8,10H2,1-2H3,(H,17,20)/t12-/m1/s1. The van der Waals surface area contributed by atoms with E-state index < -0.39 is 0 Å². The van der Waals surface area contributed by atoms with Gasteiger partial charge in [0.15, 0.2) is 0 Å². The molecule has 1 atom stereocenters. The van der Waals surface area contributed by atoms with Crippen LogP contribution in [0.4, 0.5) is 5.69 Å². The Morgan fingerprint density at radius 2 is 2.10 bits per heavy atom. The molecule has 0 aromatic heterocycles. The van der Waals surface area contributed by atoms with Crippen LogP contribution in [-0.4, -0.2) is 41.7 Å². The van der Waals surface area contributed by atoms with Gasteiger partial charge in [0, 0.05) is 12.2 Å². The van der Waals surface area contributed by atoms with Gasteiger partial charge in [-0.1, -0.05) is 17.7 Å². The molecule has 0 radical (unpaired) electrons. The fourth-order valence-electron chi connectivity index (χ4n) is 3.51. The van der Waals surface area contributed by atoms with Crippen molar-refractivity contribution >= 4 is 11.6 Å². The van der Waals surface area contributed by atoms with E-state index >= 15 is 0 Å². The van der Waals surface area contributed by atoms with E-state index in [1.807, 2.05) is 19.1 Å². The number of nitrogens with zero attached hydrogens (tertiary/aromatic N) is 1. The molecule has 2 aliphatic heterocycles. The third-order valence-corrected chi connectivity index (χ3v) is 4.61. The molecule has 20 heavy (non-hydrogen) atoms. The molecule has 3 rings (SSSR count). The lowest BCUT2D eigenvalue weighted by atomic mass is 9.73. The molecule has 4 nitrogen and oxygen atoms in total. The molecule has 1 saturated heterocycles. The Balaban J connectivity index is 1.84. The van der Waals surface area contributed by atoms with Crippen molar-refractivity contribution in [2.24, 2.45) is 0 Å². The van der Waals surface area contributed by atoms with E-state index in [4.69, 9.17) is 0 Å². The quantitative estimate of drug-likeness (QED) is 0.862. The van der Waals surface area contributed by atoms with Crippen molar-refractivity contribution in [3.05, 3.63) is 29.3 Å². The molecule has 0 saturated carbocycles. The molecule has 1 fully saturated rings. The van der Waals surface area contributed by atoms with Gasteiger partial charge in [0.1, 0.15) is 0 Å². The van der Waals surface area contributed by atoms with Gasteiger partial charge in [-0.3, -0.25) is 4.79 Å². The van der Waals surface area contributed by atoms with E-state index in [-0.39, 0.29) is 17.4 Å². The molecular formula is C16H22N2O2. The van der Waals surface area contributed by atoms with Gasteiger partial charge >= 0.3 is 0 Å². The average molecular weight is 274 g/mol. The molecule has 108 valence electrons. The number of hydrogen-bond donors (Lipinski definition) is 2. The zero-order valence-corrected chi connectivity index (χ0v) is 12.1. The monoisotopic (exact) mass is 274 g/mol. The Morgan fingerprint density at radius 3 is 2.75 bits per heavy atom. The van der Waals surface area contributed by atoms with Crippen LogP contribution < -0.4 is 5.32 Å². The van der Waals surface area contributed by atoms with Crippen molar-refractivity contribution in [1.82, 2.24) is 4.90 Å². The van der Waals surface area contributed by atoms with Crippen LogP contribution in [0.3, 0.4) is 0 Å². The van der Waals surface area contributed by atoms with Crippen LogP contribution in [-0.2, 0) is 10.2 Å². The average Bonchev–Trinajstić information content (AvgIpc) is 2.65. The van der Waals surface area contributed by atoms with Crippen LogP contribution in [0.25, 0.3) is 0 Å². The van der Waals surface area contributed by atoms with E-state index in [2.05, 4.69) is 23.2 Å². The molecule has 0 unspecified atom stereocenters. The van der Waals surface area contributed by atoms with Gasteiger partial charge < -0.3 is 15.3 Å². The molecule has 1 aromatic carbocycles. The minimum Gasteiger partial charge on any atom is -0.392 e. The third kappa shape index (κ3) is 2.13. The summed E-state index contributed by atoms with van der Waals surface area (Å²) >= 11 is 0. The largest absolute Gasteiger partial charge is 0.392 e. The summed E-state index contributed by atoms with van der Waals surface area (Å²) in [5, 5.41) is 12.5. The number of benzene rings is 1. The highest BCUT2D eigenvalue weighted by atomic mass is 16.3. The first-order chi connectivity index (χ1) is 9.51. The van der Waals surface area contributed by atoms with Crippen LogP contribution in [0.15, 0.2) is 18.2 Å². The van der Waals surface area contributed by atoms with E-state index in [0.717, 1.165) is 31.6 Å². The molecule has 1 amide bonds. The summed E-state index contributed by atoms with van der Waals surface area (Å²) < 4.78 is 0. The topological polar surface area (TPSA) is 52.6 Å². The summed E-state index contributed by atoms with van der Waals surface area (Å²) in [5.74, 6) is 0.148. The van der Waals surface area contributed by atoms with Gasteiger partial charge in [-0.15, -0.1) is 0 Å². The lowest BCUT2D eigenvalue weighted by Crippen LogP contribution is -2.47. The third-order valence-electron chi connectivity index (χ3n) is 4.61. The normalized spacial score (nSPS) is 22.6. The van der Waals surface area contributed by atoms with E-state index in [9.17, 15) is 9.90 Å². The van der Waals surface area contributed by atoms with Crippen molar-refractivity contribution in [2.75, 3.05) is 25.0 Å². The first kappa shape index (κ1) is 13.6. The predicted octanol–water partition coefficient (Wildman–Crippen LogP) is 1.66. The maximum Gasteiger partial charge on any atom is 0.235 e. The number of aliphatic hydroxyl groups is 1. The Morgan fingerprint density at radius 1 is 1.40 bits per heavy atom. The number of carbonyl (C=O) groups excluding carboxylic acids is 1. The highest BCUT2D eigenvalue weighted by molar-refractivity contribution is 6.06. The molecule has 2 N–H and O–H groups in total. The van der Waals surface area contributed by atoms with Crippen LogP contribution in [0.1, 0.15) is 30.9 Å². The number of aryl methyl sites for hydroxylation is 1. The van der Waals surface area contributed by atoms with Gasteiger partial charge in [-0.25, -0.2) is 0 Å². The zero-order chi connectivity index (χ0) is 14.3. The minimum absolute atomic E-state index is 0.148. The lowest BCUT2D eigenvalue weighted by molar-refractivity contribution is -0.122. The number of nitrogens with one attached hydrogen (secondary N) is 1. The van der Waals surface area contributed by atoms with Crippen molar-refractivity contribution in [3.8, 4) is 0 Å². The van der Waals surface area contributed by atoms with Gasteiger partial charge in [-0.2, -0.15) is 0 Å². The molecule has 2 aliphatic rings. The lowest BCUT2D eigenvalue weighted by Gasteiger charge is -2.38. The van der Waals surface area contributed by atoms with Crippen molar-refractivity contribution in [1.29, 1.82) is 0 Å². The summed E-state index contributed by atoms with van der Waals surface area (Å²) in [4.78, 5) is 14.7. The SMILES string of the molecule is Cc1ccc2c(c1)C1(CCN(C[C@@H](C)O)CC1)C(=O)N2. The number of fused-ring (bicyclic) bond motifs is 2. The number of aliphatic hydroxyl groups excluding tert-OH is 1. The smallest absolute Gasteiger partial charge is 0.235 e. The highest BCUT2D eigenvalue weighted by Gasteiger charge is 2.48. The summed E-state index contributed by atoms with van der Waals surface area (Å²) in [7, 11) is 0. The zero-order valence-electron chi connectivity index (χ0n) is 12.1. The number of amides is 1. The van der Waals surface area contributed by atoms with Crippen LogP contribution in [0.5, 0.6) is 0 Å². The summed E-state index contributed by atoms with van der Waals surface area (Å²) in [6, 6.07) is 6.21. The highest BCUT2D eigenvalue weighted by Crippen LogP contribution is 2.45. The Labute approximate surface area is 119 Å². The van der Waals surface area contributed by atoms with Crippen LogP contribution in [0, 0.1) is 6.92 Å². The minimum atomic E-state index is -0.351. The Bertz CT molecular complexity index is 531. The number of rotatable bonds is 2. The predicted molar refractivity (Wildman–Crippen MR) is 78.8 cm³/mol. The molecule has 1 spiro atoms. The Kier molecular flexibility index (Phi) is 3.30. The van der Waals surface area contributed by atoms with Gasteiger partial charge in [-0.05, 0) is 51.4 Å². The number of anilines is 1. The molecule has 1 aromatic rings. The molecule has 2 heterocycles. The Hall–Kier alpha value is -1.39. The molecule has 0 bridgehead atoms. The van der Waals surface area contributed by atoms with E-state index in [1.54, 1.807) is 0 Å². The van der Waals surface area contributed by atoms with Crippen molar-refractivity contribution in [3.63, 3.8) is 0 Å². The maximum atomic E-state index is 12.5. The van der Waals surface area contributed by atoms with E-state index in [1.165, 1.54) is 11.1 Å². The fourth-order valence-corrected chi connectivity index (χ4v) is 3.51. The first-order valence-electron chi connectivity index (χ1n) is 7.34. The number of β-amino-alcohol motifs (C(OH)–C–C–N with tert-alkyl or cyclic N) is 1. The summed E-state index contributed by atoms with van der Waals surface area (Å²) in [6.07, 6.45) is 1.36. The van der Waals surface area contributed by atoms with Crippen LogP contribution >= 0.6 is 0 Å². The second-order valence-electron chi connectivity index (χ2n) is 6.23. The number of carbonyl (C=O) groups is 1. The second-order valence-corrected chi connectivity index (χ2v) is 6.23. The number of likely N-dealkylation sites (tertiary alicyclic amines) is 1. The van der Waals surface area contributed by atoms with Gasteiger partial charge in [0.05, 0.1) is 11.5 Å². The number of hydrogen-bond acceptors (Lipinski definition) is 3. The van der Waals surface area contributed by atoms with E-state index in [0.29, 0.717) is 6.54 Å². The van der Waals surface area contributed by atoms with Crippen molar-refractivity contribution in [2.45, 2.75) is 38.2 Å².